The van der Waals surface area contributed by atoms with Crippen molar-refractivity contribution in [2.75, 3.05) is 0 Å². The van der Waals surface area contributed by atoms with Crippen molar-refractivity contribution < 1.29 is 4.42 Å². The van der Waals surface area contributed by atoms with Crippen LogP contribution in [0.2, 0.25) is 5.02 Å². The molecule has 0 amide bonds. The van der Waals surface area contributed by atoms with Crippen molar-refractivity contribution in [2.24, 2.45) is 0 Å². The summed E-state index contributed by atoms with van der Waals surface area (Å²) in [5.74, 6) is 0. The second kappa shape index (κ2) is 7.48. The van der Waals surface area contributed by atoms with E-state index in [4.69, 9.17) is 16.0 Å². The van der Waals surface area contributed by atoms with Crippen molar-refractivity contribution in [3.63, 3.8) is 0 Å². The van der Waals surface area contributed by atoms with E-state index in [-0.39, 0.29) is 0 Å². The molecule has 0 atom stereocenters. The van der Waals surface area contributed by atoms with E-state index < -0.39 is 0 Å². The van der Waals surface area contributed by atoms with E-state index in [1.54, 1.807) is 0 Å². The topological polar surface area (TPSA) is 13.1 Å². The lowest BCUT2D eigenvalue weighted by molar-refractivity contribution is 0.669. The largest absolute Gasteiger partial charge is 0.456 e. The Balaban J connectivity index is 1.52. The van der Waals surface area contributed by atoms with Crippen LogP contribution in [-0.2, 0) is 0 Å². The van der Waals surface area contributed by atoms with Gasteiger partial charge in [0.15, 0.2) is 0 Å². The van der Waals surface area contributed by atoms with Crippen LogP contribution in [0.4, 0.5) is 0 Å². The molecule has 0 aliphatic carbocycles. The van der Waals surface area contributed by atoms with Crippen LogP contribution in [0.1, 0.15) is 0 Å². The number of rotatable bonds is 2. The first-order valence-corrected chi connectivity index (χ1v) is 11.8. The summed E-state index contributed by atoms with van der Waals surface area (Å²) in [7, 11) is 0. The maximum absolute atomic E-state index is 6.53. The summed E-state index contributed by atoms with van der Waals surface area (Å²) in [5, 5.41) is 7.95. The quantitative estimate of drug-likeness (QED) is 0.237. The van der Waals surface area contributed by atoms with Gasteiger partial charge in [0.25, 0.3) is 0 Å². The molecule has 0 aliphatic heterocycles. The van der Waals surface area contributed by atoms with Gasteiger partial charge in [0, 0.05) is 15.8 Å². The van der Waals surface area contributed by atoms with Crippen molar-refractivity contribution in [3.05, 3.63) is 120 Å². The first-order valence-electron chi connectivity index (χ1n) is 11.4. The van der Waals surface area contributed by atoms with Crippen LogP contribution in [0.3, 0.4) is 0 Å². The number of furan rings is 1. The molecule has 0 fully saturated rings. The van der Waals surface area contributed by atoms with E-state index >= 15 is 0 Å². The van der Waals surface area contributed by atoms with Crippen LogP contribution in [0, 0.1) is 0 Å². The third-order valence-corrected chi connectivity index (χ3v) is 6.96. The molecule has 34 heavy (non-hydrogen) atoms. The number of hydrogen-bond donors (Lipinski definition) is 0. The third-order valence-electron chi connectivity index (χ3n) is 6.73. The van der Waals surface area contributed by atoms with Gasteiger partial charge >= 0.3 is 0 Å². The molecule has 0 unspecified atom stereocenters. The summed E-state index contributed by atoms with van der Waals surface area (Å²) in [6, 6.07) is 40.3. The number of benzene rings is 6. The lowest BCUT2D eigenvalue weighted by atomic mass is 9.89. The maximum Gasteiger partial charge on any atom is 0.136 e. The summed E-state index contributed by atoms with van der Waals surface area (Å²) in [6.45, 7) is 0. The Kier molecular flexibility index (Phi) is 4.27. The molecule has 0 N–H and O–H groups in total. The molecule has 6 aromatic carbocycles. The number of para-hydroxylation sites is 1. The van der Waals surface area contributed by atoms with Gasteiger partial charge < -0.3 is 4.42 Å². The van der Waals surface area contributed by atoms with Gasteiger partial charge in [0.05, 0.1) is 0 Å². The highest BCUT2D eigenvalue weighted by atomic mass is 35.5. The number of hydrogen-bond acceptors (Lipinski definition) is 1. The van der Waals surface area contributed by atoms with E-state index in [1.807, 2.05) is 24.3 Å². The Morgan fingerprint density at radius 2 is 1.15 bits per heavy atom. The molecule has 1 aromatic heterocycles. The monoisotopic (exact) mass is 454 g/mol. The highest BCUT2D eigenvalue weighted by molar-refractivity contribution is 6.31. The Morgan fingerprint density at radius 1 is 0.441 bits per heavy atom. The van der Waals surface area contributed by atoms with Crippen LogP contribution >= 0.6 is 11.6 Å². The van der Waals surface area contributed by atoms with Gasteiger partial charge in [-0.05, 0) is 80.2 Å². The first kappa shape index (κ1) is 19.4. The molecular weight excluding hydrogens is 436 g/mol. The molecule has 0 bridgehead atoms. The summed E-state index contributed by atoms with van der Waals surface area (Å²) in [5.41, 5.74) is 6.32. The molecule has 7 aromatic rings. The molecule has 2 heteroatoms. The van der Waals surface area contributed by atoms with Crippen molar-refractivity contribution in [1.82, 2.24) is 0 Å². The minimum atomic E-state index is 0.716. The van der Waals surface area contributed by atoms with Crippen molar-refractivity contribution in [3.8, 4) is 22.3 Å². The first-order chi connectivity index (χ1) is 16.8. The summed E-state index contributed by atoms with van der Waals surface area (Å²) in [4.78, 5) is 0. The molecule has 0 spiro atoms. The molecule has 160 valence electrons. The second-order valence-corrected chi connectivity index (χ2v) is 9.13. The zero-order valence-corrected chi connectivity index (χ0v) is 19.0. The third kappa shape index (κ3) is 2.95. The fourth-order valence-corrected chi connectivity index (χ4v) is 5.33. The Hall–Kier alpha value is -4.07. The standard InChI is InChI=1S/C32H19ClO/c33-22-14-16-26(30-17-20-7-1-2-8-23(20)24-9-3-4-10-25(24)30)29(19-22)21-13-15-28-27-11-5-6-12-31(27)34-32(28)18-21/h1-19H. The van der Waals surface area contributed by atoms with Crippen LogP contribution in [0.25, 0.3) is 65.7 Å². The molecular formula is C32H19ClO. The van der Waals surface area contributed by atoms with Crippen LogP contribution in [0.15, 0.2) is 120 Å². The average Bonchev–Trinajstić information content (AvgIpc) is 3.26. The highest BCUT2D eigenvalue weighted by Gasteiger charge is 2.15. The fraction of sp³-hybridized carbons (Fsp3) is 0. The van der Waals surface area contributed by atoms with E-state index in [9.17, 15) is 0 Å². The van der Waals surface area contributed by atoms with E-state index in [0.717, 1.165) is 38.6 Å². The van der Waals surface area contributed by atoms with Crippen molar-refractivity contribution in [1.29, 1.82) is 0 Å². The lowest BCUT2D eigenvalue weighted by Crippen LogP contribution is -1.89. The molecule has 0 saturated heterocycles. The smallest absolute Gasteiger partial charge is 0.136 e. The maximum atomic E-state index is 6.53. The van der Waals surface area contributed by atoms with Gasteiger partial charge in [-0.15, -0.1) is 0 Å². The van der Waals surface area contributed by atoms with E-state index in [2.05, 4.69) is 91.0 Å². The number of halogens is 1. The van der Waals surface area contributed by atoms with Crippen molar-refractivity contribution >= 4 is 55.1 Å². The van der Waals surface area contributed by atoms with Gasteiger partial charge in [0.1, 0.15) is 11.2 Å². The molecule has 0 saturated carbocycles. The molecule has 7 rings (SSSR count). The van der Waals surface area contributed by atoms with E-state index in [0.29, 0.717) is 5.02 Å². The predicted octanol–water partition coefficient (Wildman–Crippen LogP) is 9.88. The van der Waals surface area contributed by atoms with Gasteiger partial charge in [-0.2, -0.15) is 0 Å². The summed E-state index contributed by atoms with van der Waals surface area (Å²) < 4.78 is 6.19. The lowest BCUT2D eigenvalue weighted by Gasteiger charge is -2.15. The average molecular weight is 455 g/mol. The van der Waals surface area contributed by atoms with Gasteiger partial charge in [-0.1, -0.05) is 90.5 Å². The van der Waals surface area contributed by atoms with Gasteiger partial charge in [0.2, 0.25) is 0 Å². The van der Waals surface area contributed by atoms with Gasteiger partial charge in [-0.25, -0.2) is 0 Å². The highest BCUT2D eigenvalue weighted by Crippen LogP contribution is 2.41. The fourth-order valence-electron chi connectivity index (χ4n) is 5.16. The van der Waals surface area contributed by atoms with Gasteiger partial charge in [-0.3, -0.25) is 0 Å². The van der Waals surface area contributed by atoms with Crippen LogP contribution in [0.5, 0.6) is 0 Å². The minimum absolute atomic E-state index is 0.716. The Bertz CT molecular complexity index is 1880. The molecule has 0 aliphatic rings. The normalized spacial score (nSPS) is 11.7. The zero-order valence-electron chi connectivity index (χ0n) is 18.3. The Morgan fingerprint density at radius 3 is 2.03 bits per heavy atom. The van der Waals surface area contributed by atoms with Crippen LogP contribution < -0.4 is 0 Å². The molecule has 0 radical (unpaired) electrons. The summed E-state index contributed by atoms with van der Waals surface area (Å²) >= 11 is 6.53. The minimum Gasteiger partial charge on any atom is -0.456 e. The molecule has 1 heterocycles. The summed E-state index contributed by atoms with van der Waals surface area (Å²) in [6.07, 6.45) is 0. The SMILES string of the molecule is Clc1ccc(-c2cc3ccccc3c3ccccc23)c(-c2ccc3c(c2)oc2ccccc23)c1. The number of fused-ring (bicyclic) bond motifs is 6. The van der Waals surface area contributed by atoms with E-state index in [1.165, 1.54) is 27.1 Å². The Labute approximate surface area is 201 Å². The zero-order chi connectivity index (χ0) is 22.6. The van der Waals surface area contributed by atoms with Crippen molar-refractivity contribution in [2.45, 2.75) is 0 Å². The molecule has 1 nitrogen and oxygen atoms in total. The predicted molar refractivity (Wildman–Crippen MR) is 145 cm³/mol. The van der Waals surface area contributed by atoms with Crippen LogP contribution in [-0.4, -0.2) is 0 Å². The second-order valence-electron chi connectivity index (χ2n) is 8.69.